The molecule has 1 aliphatic rings. The molecule has 5 rings (SSSR count). The van der Waals surface area contributed by atoms with Crippen molar-refractivity contribution >= 4 is 35.1 Å². The average Bonchev–Trinajstić information content (AvgIpc) is 3.77. The van der Waals surface area contributed by atoms with Crippen LogP contribution in [0.2, 0.25) is 0 Å². The molecule has 4 N–H and O–H groups in total. The predicted octanol–water partition coefficient (Wildman–Crippen LogP) is 4.69. The maximum atomic E-state index is 13.5. The highest BCUT2D eigenvalue weighted by Crippen LogP contribution is 2.36. The van der Waals surface area contributed by atoms with Gasteiger partial charge in [0, 0.05) is 43.3 Å². The van der Waals surface area contributed by atoms with Crippen molar-refractivity contribution in [3.05, 3.63) is 59.8 Å². The maximum Gasteiger partial charge on any atom is 0.433 e. The van der Waals surface area contributed by atoms with E-state index in [1.54, 1.807) is 39.0 Å². The van der Waals surface area contributed by atoms with Crippen LogP contribution in [0.5, 0.6) is 0 Å². The molecule has 4 aromatic rings. The van der Waals surface area contributed by atoms with E-state index in [2.05, 4.69) is 31.0 Å². The lowest BCUT2D eigenvalue weighted by molar-refractivity contribution is -0.140. The Balaban J connectivity index is 1.20. The van der Waals surface area contributed by atoms with Gasteiger partial charge in [0.15, 0.2) is 11.5 Å². The highest BCUT2D eigenvalue weighted by molar-refractivity contribution is 5.96. The first-order valence-corrected chi connectivity index (χ1v) is 15.1. The van der Waals surface area contributed by atoms with E-state index >= 15 is 0 Å². The maximum absolute atomic E-state index is 13.5. The number of anilines is 2. The number of alkyl halides is 3. The number of carbonyl (C=O) groups excluding carboxylic acids is 3. The number of amides is 3. The molecule has 1 fully saturated rings. The van der Waals surface area contributed by atoms with E-state index in [1.165, 1.54) is 27.9 Å². The van der Waals surface area contributed by atoms with Crippen LogP contribution in [-0.2, 0) is 22.1 Å². The number of nitrogens with zero attached hydrogens (tertiary/aromatic N) is 5. The Morgan fingerprint density at radius 2 is 1.85 bits per heavy atom. The molecule has 1 saturated heterocycles. The molecule has 1 atom stereocenters. The Morgan fingerprint density at radius 3 is 2.57 bits per heavy atom. The van der Waals surface area contributed by atoms with Gasteiger partial charge < -0.3 is 20.7 Å². The standard InChI is InChI=1S/C31H36F3N9O4/c1-5-18-15-19(40-25-26-38-17-23(42(26)14-12-35-25)21-16-39-41-24(21)31(32,33)34)8-9-20(18)27(44)36-10-11-37-28(45)22-7-6-13-43(22)29(46)47-30(2,3)4/h8-9,12,14-17,22H,5-7,10-11,13H2,1-4H3,(H,35,40)(H,36,44)(H,37,45)(H,39,41)/t22-/m0/s1. The number of rotatable bonds is 9. The quantitative estimate of drug-likeness (QED) is 0.189. The highest BCUT2D eigenvalue weighted by atomic mass is 19.4. The lowest BCUT2D eigenvalue weighted by atomic mass is 10.0. The number of fused-ring (bicyclic) bond motifs is 1. The summed E-state index contributed by atoms with van der Waals surface area (Å²) in [6.45, 7) is 8.00. The van der Waals surface area contributed by atoms with Gasteiger partial charge in [0.2, 0.25) is 5.91 Å². The number of likely N-dealkylation sites (tertiary alicyclic amines) is 1. The number of hydrogen-bond donors (Lipinski definition) is 4. The number of nitrogens with one attached hydrogen (secondary N) is 4. The van der Waals surface area contributed by atoms with E-state index in [9.17, 15) is 27.6 Å². The summed E-state index contributed by atoms with van der Waals surface area (Å²) in [4.78, 5) is 48.4. The van der Waals surface area contributed by atoms with Gasteiger partial charge in [0.05, 0.1) is 23.7 Å². The van der Waals surface area contributed by atoms with Crippen molar-refractivity contribution in [2.24, 2.45) is 0 Å². The summed E-state index contributed by atoms with van der Waals surface area (Å²) in [6.07, 6.45) is 1.98. The van der Waals surface area contributed by atoms with Crippen LogP contribution in [0.4, 0.5) is 29.5 Å². The molecule has 16 heteroatoms. The van der Waals surface area contributed by atoms with Crippen LogP contribution in [0.3, 0.4) is 0 Å². The number of benzene rings is 1. The average molecular weight is 656 g/mol. The normalized spacial score (nSPS) is 15.1. The molecule has 0 saturated carbocycles. The van der Waals surface area contributed by atoms with Gasteiger partial charge in [-0.25, -0.2) is 14.8 Å². The number of hydrogen-bond acceptors (Lipinski definition) is 8. The van der Waals surface area contributed by atoms with Gasteiger partial charge in [-0.05, 0) is 63.8 Å². The van der Waals surface area contributed by atoms with E-state index in [-0.39, 0.29) is 36.2 Å². The fourth-order valence-corrected chi connectivity index (χ4v) is 5.38. The number of ether oxygens (including phenoxy) is 1. The minimum atomic E-state index is -4.62. The summed E-state index contributed by atoms with van der Waals surface area (Å²) in [5, 5.41) is 14.3. The van der Waals surface area contributed by atoms with Crippen LogP contribution in [0.25, 0.3) is 16.9 Å². The van der Waals surface area contributed by atoms with Crippen LogP contribution >= 0.6 is 0 Å². The van der Waals surface area contributed by atoms with Crippen LogP contribution in [0.1, 0.15) is 62.2 Å². The Labute approximate surface area is 268 Å². The molecular formula is C31H36F3N9O4. The third-order valence-electron chi connectivity index (χ3n) is 7.51. The fourth-order valence-electron chi connectivity index (χ4n) is 5.38. The van der Waals surface area contributed by atoms with E-state index in [1.807, 2.05) is 12.0 Å². The smallest absolute Gasteiger partial charge is 0.433 e. The SMILES string of the molecule is CCc1cc(Nc2nccn3c(-c4cn[nH]c4C(F)(F)F)cnc23)ccc1C(=O)NCCNC(=O)[C@@H]1CCCN1C(=O)OC(C)(C)C. The Morgan fingerprint density at radius 1 is 1.09 bits per heavy atom. The van der Waals surface area contributed by atoms with Crippen molar-refractivity contribution in [3.8, 4) is 11.3 Å². The Bertz CT molecular complexity index is 1780. The van der Waals surface area contributed by atoms with Crippen molar-refractivity contribution in [2.45, 2.75) is 64.8 Å². The zero-order valence-corrected chi connectivity index (χ0v) is 26.4. The number of H-pyrrole nitrogens is 1. The number of carbonyl (C=O) groups is 3. The third-order valence-corrected chi connectivity index (χ3v) is 7.51. The zero-order valence-electron chi connectivity index (χ0n) is 26.4. The topological polar surface area (TPSA) is 159 Å². The summed E-state index contributed by atoms with van der Waals surface area (Å²) in [6, 6.07) is 4.51. The van der Waals surface area contributed by atoms with Gasteiger partial charge in [-0.1, -0.05) is 6.92 Å². The lowest BCUT2D eigenvalue weighted by Gasteiger charge is -2.28. The van der Waals surface area contributed by atoms with Gasteiger partial charge in [0.1, 0.15) is 17.3 Å². The molecule has 47 heavy (non-hydrogen) atoms. The largest absolute Gasteiger partial charge is 0.444 e. The molecule has 0 unspecified atom stereocenters. The lowest BCUT2D eigenvalue weighted by Crippen LogP contribution is -2.48. The van der Waals surface area contributed by atoms with Crippen molar-refractivity contribution in [2.75, 3.05) is 25.0 Å². The number of aryl methyl sites for hydroxylation is 1. The fraction of sp³-hybridized carbons (Fsp3) is 0.419. The number of halogens is 3. The molecule has 0 radical (unpaired) electrons. The van der Waals surface area contributed by atoms with Crippen LogP contribution in [-0.4, -0.2) is 78.7 Å². The first-order chi connectivity index (χ1) is 22.3. The Kier molecular flexibility index (Phi) is 9.40. The van der Waals surface area contributed by atoms with Crippen molar-refractivity contribution in [1.29, 1.82) is 0 Å². The zero-order chi connectivity index (χ0) is 33.9. The van der Waals surface area contributed by atoms with Gasteiger partial charge in [0.25, 0.3) is 5.91 Å². The molecule has 0 spiro atoms. The number of imidazole rings is 1. The summed E-state index contributed by atoms with van der Waals surface area (Å²) >= 11 is 0. The van der Waals surface area contributed by atoms with Gasteiger partial charge in [-0.3, -0.25) is 24.0 Å². The van der Waals surface area contributed by atoms with Crippen LogP contribution in [0.15, 0.2) is 43.0 Å². The molecule has 3 aromatic heterocycles. The van der Waals surface area contributed by atoms with Gasteiger partial charge >= 0.3 is 12.3 Å². The van der Waals surface area contributed by atoms with Crippen molar-refractivity contribution in [3.63, 3.8) is 0 Å². The van der Waals surface area contributed by atoms with E-state index in [0.29, 0.717) is 48.5 Å². The molecule has 0 aliphatic carbocycles. The summed E-state index contributed by atoms with van der Waals surface area (Å²) < 4.78 is 47.3. The number of aromatic nitrogens is 5. The molecule has 0 bridgehead atoms. The monoisotopic (exact) mass is 655 g/mol. The molecule has 1 aliphatic heterocycles. The Hall–Kier alpha value is -5.15. The first-order valence-electron chi connectivity index (χ1n) is 15.1. The summed E-state index contributed by atoms with van der Waals surface area (Å²) in [5.74, 6) is -0.318. The molecule has 250 valence electrons. The third kappa shape index (κ3) is 7.47. The minimum Gasteiger partial charge on any atom is -0.444 e. The van der Waals surface area contributed by atoms with Crippen molar-refractivity contribution < 1.29 is 32.3 Å². The predicted molar refractivity (Wildman–Crippen MR) is 166 cm³/mol. The second-order valence-electron chi connectivity index (χ2n) is 12.0. The molecule has 4 heterocycles. The van der Waals surface area contributed by atoms with E-state index in [4.69, 9.17) is 4.74 Å². The number of aromatic amines is 1. The molecular weight excluding hydrogens is 619 g/mol. The highest BCUT2D eigenvalue weighted by Gasteiger charge is 2.37. The van der Waals surface area contributed by atoms with E-state index in [0.717, 1.165) is 11.8 Å². The van der Waals surface area contributed by atoms with Crippen LogP contribution < -0.4 is 16.0 Å². The molecule has 1 aromatic carbocycles. The van der Waals surface area contributed by atoms with Crippen LogP contribution in [0, 0.1) is 0 Å². The second-order valence-corrected chi connectivity index (χ2v) is 12.0. The molecule has 3 amide bonds. The van der Waals surface area contributed by atoms with Gasteiger partial charge in [-0.15, -0.1) is 0 Å². The van der Waals surface area contributed by atoms with Gasteiger partial charge in [-0.2, -0.15) is 18.3 Å². The molecule has 13 nitrogen and oxygen atoms in total. The summed E-state index contributed by atoms with van der Waals surface area (Å²) in [7, 11) is 0. The second kappa shape index (κ2) is 13.3. The first kappa shape index (κ1) is 33.2. The minimum absolute atomic E-state index is 0.147. The van der Waals surface area contributed by atoms with E-state index < -0.39 is 29.6 Å². The van der Waals surface area contributed by atoms with Crippen molar-refractivity contribution in [1.82, 2.24) is 40.1 Å². The summed E-state index contributed by atoms with van der Waals surface area (Å²) in [5.41, 5.74) is 0.476.